The number of hydrogen-bond donors (Lipinski definition) is 0. The first-order valence-corrected chi connectivity index (χ1v) is 7.36. The fourth-order valence-corrected chi connectivity index (χ4v) is 3.17. The van der Waals surface area contributed by atoms with E-state index in [1.54, 1.807) is 0 Å². The number of aromatic nitrogens is 2. The molecule has 0 saturated heterocycles. The van der Waals surface area contributed by atoms with Crippen LogP contribution in [-0.2, 0) is 23.2 Å². The molecule has 3 nitrogen and oxygen atoms in total. The van der Waals surface area contributed by atoms with Gasteiger partial charge in [-0.15, -0.1) is 0 Å². The molecule has 1 aromatic heterocycles. The van der Waals surface area contributed by atoms with Crippen molar-refractivity contribution < 1.29 is 4.74 Å². The van der Waals surface area contributed by atoms with Gasteiger partial charge in [-0.1, -0.05) is 41.9 Å². The summed E-state index contributed by atoms with van der Waals surface area (Å²) >= 11 is 6.34. The number of halogens is 1. The predicted octanol–water partition coefficient (Wildman–Crippen LogP) is 3.28. The summed E-state index contributed by atoms with van der Waals surface area (Å²) in [7, 11) is 0. The summed E-state index contributed by atoms with van der Waals surface area (Å²) in [4.78, 5) is 9.38. The third-order valence-electron chi connectivity index (χ3n) is 4.28. The second kappa shape index (κ2) is 4.54. The van der Waals surface area contributed by atoms with E-state index in [0.29, 0.717) is 11.8 Å². The van der Waals surface area contributed by atoms with Gasteiger partial charge >= 0.3 is 0 Å². The molecule has 1 saturated carbocycles. The SMILES string of the molecule is Clc1nc(C2(c3ccccc3)CC2)nc2c1COCC2. The van der Waals surface area contributed by atoms with E-state index in [1.807, 2.05) is 6.07 Å². The molecule has 4 rings (SSSR count). The molecule has 0 bridgehead atoms. The maximum absolute atomic E-state index is 6.34. The molecular weight excluding hydrogens is 272 g/mol. The van der Waals surface area contributed by atoms with Gasteiger partial charge in [0, 0.05) is 12.0 Å². The molecule has 0 radical (unpaired) electrons. The Morgan fingerprint density at radius 1 is 1.10 bits per heavy atom. The first kappa shape index (κ1) is 12.3. The van der Waals surface area contributed by atoms with E-state index in [1.165, 1.54) is 5.56 Å². The number of nitrogens with zero attached hydrogens (tertiary/aromatic N) is 2. The molecule has 0 spiro atoms. The molecule has 4 heteroatoms. The van der Waals surface area contributed by atoms with E-state index < -0.39 is 0 Å². The summed E-state index contributed by atoms with van der Waals surface area (Å²) in [5.41, 5.74) is 3.31. The summed E-state index contributed by atoms with van der Waals surface area (Å²) in [6, 6.07) is 10.5. The Bertz CT molecular complexity index is 653. The van der Waals surface area contributed by atoms with E-state index in [2.05, 4.69) is 29.2 Å². The average Bonchev–Trinajstić information content (AvgIpc) is 3.30. The monoisotopic (exact) mass is 286 g/mol. The molecule has 2 heterocycles. The molecule has 0 atom stereocenters. The minimum atomic E-state index is -0.0156. The summed E-state index contributed by atoms with van der Waals surface area (Å²) in [6.07, 6.45) is 3.03. The van der Waals surface area contributed by atoms with Crippen LogP contribution in [0.15, 0.2) is 30.3 Å². The van der Waals surface area contributed by atoms with Gasteiger partial charge in [0.15, 0.2) is 0 Å². The summed E-state index contributed by atoms with van der Waals surface area (Å²) in [5.74, 6) is 0.884. The quantitative estimate of drug-likeness (QED) is 0.795. The van der Waals surface area contributed by atoms with Crippen LogP contribution in [-0.4, -0.2) is 16.6 Å². The van der Waals surface area contributed by atoms with E-state index in [0.717, 1.165) is 43.0 Å². The molecule has 1 aliphatic carbocycles. The lowest BCUT2D eigenvalue weighted by Crippen LogP contribution is -2.20. The highest BCUT2D eigenvalue weighted by atomic mass is 35.5. The number of fused-ring (bicyclic) bond motifs is 1. The third-order valence-corrected chi connectivity index (χ3v) is 4.59. The maximum atomic E-state index is 6.34. The zero-order chi connectivity index (χ0) is 13.6. The second-order valence-electron chi connectivity index (χ2n) is 5.51. The van der Waals surface area contributed by atoms with Crippen LogP contribution < -0.4 is 0 Å². The minimum Gasteiger partial charge on any atom is -0.376 e. The minimum absolute atomic E-state index is 0.0156. The van der Waals surface area contributed by atoms with Crippen molar-refractivity contribution in [1.29, 1.82) is 0 Å². The summed E-state index contributed by atoms with van der Waals surface area (Å²) < 4.78 is 5.44. The highest BCUT2D eigenvalue weighted by molar-refractivity contribution is 6.30. The Kier molecular flexibility index (Phi) is 2.79. The van der Waals surface area contributed by atoms with Crippen molar-refractivity contribution in [1.82, 2.24) is 9.97 Å². The Morgan fingerprint density at radius 3 is 2.65 bits per heavy atom. The van der Waals surface area contributed by atoms with Gasteiger partial charge in [0.25, 0.3) is 0 Å². The lowest BCUT2D eigenvalue weighted by molar-refractivity contribution is 0.108. The van der Waals surface area contributed by atoms with E-state index >= 15 is 0 Å². The highest BCUT2D eigenvalue weighted by Crippen LogP contribution is 2.52. The van der Waals surface area contributed by atoms with E-state index in [9.17, 15) is 0 Å². The van der Waals surface area contributed by atoms with E-state index in [4.69, 9.17) is 21.3 Å². The normalized spacial score (nSPS) is 19.4. The summed E-state index contributed by atoms with van der Waals surface area (Å²) in [5, 5.41) is 0.562. The smallest absolute Gasteiger partial charge is 0.140 e. The summed E-state index contributed by atoms with van der Waals surface area (Å²) in [6.45, 7) is 1.25. The molecular formula is C16H15ClN2O. The van der Waals surface area contributed by atoms with Gasteiger partial charge in [-0.05, 0) is 18.4 Å². The molecule has 1 fully saturated rings. The van der Waals surface area contributed by atoms with Crippen molar-refractivity contribution in [3.05, 3.63) is 58.1 Å². The van der Waals surface area contributed by atoms with Crippen molar-refractivity contribution in [2.75, 3.05) is 6.61 Å². The first-order chi connectivity index (χ1) is 9.79. The molecule has 0 N–H and O–H groups in total. The van der Waals surface area contributed by atoms with Crippen LogP contribution in [0.3, 0.4) is 0 Å². The van der Waals surface area contributed by atoms with Crippen LogP contribution in [0.5, 0.6) is 0 Å². The molecule has 0 unspecified atom stereocenters. The van der Waals surface area contributed by atoms with Gasteiger partial charge in [0.05, 0.1) is 24.3 Å². The van der Waals surface area contributed by atoms with Crippen molar-refractivity contribution in [3.63, 3.8) is 0 Å². The molecule has 1 aromatic carbocycles. The van der Waals surface area contributed by atoms with Gasteiger partial charge in [-0.25, -0.2) is 9.97 Å². The standard InChI is InChI=1S/C16H15ClN2O/c17-14-12-10-20-9-6-13(12)18-15(19-14)16(7-8-16)11-4-2-1-3-5-11/h1-5H,6-10H2. The molecule has 20 heavy (non-hydrogen) atoms. The molecule has 0 amide bonds. The van der Waals surface area contributed by atoms with Crippen molar-refractivity contribution in [2.45, 2.75) is 31.3 Å². The van der Waals surface area contributed by atoms with Crippen LogP contribution in [0.2, 0.25) is 5.15 Å². The number of hydrogen-bond acceptors (Lipinski definition) is 3. The van der Waals surface area contributed by atoms with Crippen LogP contribution in [0.4, 0.5) is 0 Å². The van der Waals surface area contributed by atoms with Gasteiger partial charge in [-0.2, -0.15) is 0 Å². The van der Waals surface area contributed by atoms with Crippen molar-refractivity contribution in [3.8, 4) is 0 Å². The lowest BCUT2D eigenvalue weighted by atomic mass is 9.94. The van der Waals surface area contributed by atoms with Gasteiger partial charge in [0.1, 0.15) is 11.0 Å². The topological polar surface area (TPSA) is 35.0 Å². The number of rotatable bonds is 2. The zero-order valence-corrected chi connectivity index (χ0v) is 11.9. The largest absolute Gasteiger partial charge is 0.376 e. The molecule has 2 aromatic rings. The van der Waals surface area contributed by atoms with Crippen LogP contribution >= 0.6 is 11.6 Å². The number of ether oxygens (including phenoxy) is 1. The Morgan fingerprint density at radius 2 is 1.90 bits per heavy atom. The highest BCUT2D eigenvalue weighted by Gasteiger charge is 2.49. The van der Waals surface area contributed by atoms with Crippen molar-refractivity contribution in [2.24, 2.45) is 0 Å². The van der Waals surface area contributed by atoms with Gasteiger partial charge in [-0.3, -0.25) is 0 Å². The van der Waals surface area contributed by atoms with Gasteiger partial charge < -0.3 is 4.74 Å². The molecule has 102 valence electrons. The molecule has 2 aliphatic rings. The van der Waals surface area contributed by atoms with Gasteiger partial charge in [0.2, 0.25) is 0 Å². The zero-order valence-electron chi connectivity index (χ0n) is 11.1. The van der Waals surface area contributed by atoms with Crippen LogP contribution in [0, 0.1) is 0 Å². The fraction of sp³-hybridized carbons (Fsp3) is 0.375. The molecule has 1 aliphatic heterocycles. The van der Waals surface area contributed by atoms with E-state index in [-0.39, 0.29) is 5.41 Å². The Balaban J connectivity index is 1.81. The lowest BCUT2D eigenvalue weighted by Gasteiger charge is -2.20. The maximum Gasteiger partial charge on any atom is 0.140 e. The number of benzene rings is 1. The van der Waals surface area contributed by atoms with Crippen molar-refractivity contribution >= 4 is 11.6 Å². The fourth-order valence-electron chi connectivity index (χ4n) is 2.93. The second-order valence-corrected chi connectivity index (χ2v) is 5.87. The predicted molar refractivity (Wildman–Crippen MR) is 76.9 cm³/mol. The Hall–Kier alpha value is -1.45. The Labute approximate surface area is 123 Å². The first-order valence-electron chi connectivity index (χ1n) is 6.99. The third kappa shape index (κ3) is 1.85. The van der Waals surface area contributed by atoms with Crippen LogP contribution in [0.1, 0.15) is 35.5 Å². The average molecular weight is 287 g/mol. The van der Waals surface area contributed by atoms with Crippen LogP contribution in [0.25, 0.3) is 0 Å².